The molecule has 0 radical (unpaired) electrons. The Hall–Kier alpha value is -1.88. The van der Waals surface area contributed by atoms with Crippen LogP contribution in [0.3, 0.4) is 0 Å². The highest BCUT2D eigenvalue weighted by Gasteiger charge is 2.19. The quantitative estimate of drug-likeness (QED) is 0.837. The number of ketones is 1. The van der Waals surface area contributed by atoms with Gasteiger partial charge in [0.15, 0.2) is 5.78 Å². The number of benzene rings is 1. The second kappa shape index (κ2) is 5.63. The lowest BCUT2D eigenvalue weighted by molar-refractivity contribution is 0.101. The van der Waals surface area contributed by atoms with Crippen molar-refractivity contribution >= 4 is 33.3 Å². The third-order valence-corrected chi connectivity index (χ3v) is 3.59. The van der Waals surface area contributed by atoms with E-state index in [1.165, 1.54) is 6.92 Å². The number of H-pyrrole nitrogens is 1. The molecule has 0 atom stereocenters. The molecule has 0 bridgehead atoms. The van der Waals surface area contributed by atoms with E-state index in [1.807, 2.05) is 18.2 Å². The summed E-state index contributed by atoms with van der Waals surface area (Å²) in [4.78, 5) is 26.8. The van der Waals surface area contributed by atoms with Crippen molar-refractivity contribution in [3.05, 3.63) is 51.3 Å². The molecular formula is C15H15BrN2O2. The van der Waals surface area contributed by atoms with Gasteiger partial charge in [-0.15, -0.1) is 0 Å². The number of halogens is 1. The van der Waals surface area contributed by atoms with Gasteiger partial charge in [0.25, 0.3) is 5.91 Å². The number of rotatable bonds is 3. The minimum absolute atomic E-state index is 0.0437. The SMILES string of the molecule is CC(=O)c1c(C)[nH]c(C(=O)Nc2cccc(Br)c2)c1C. The van der Waals surface area contributed by atoms with Crippen LogP contribution in [0, 0.1) is 13.8 Å². The average Bonchev–Trinajstić information content (AvgIpc) is 2.64. The van der Waals surface area contributed by atoms with Crippen molar-refractivity contribution in [2.75, 3.05) is 5.32 Å². The first-order valence-electron chi connectivity index (χ1n) is 6.17. The Morgan fingerprint density at radius 3 is 2.50 bits per heavy atom. The van der Waals surface area contributed by atoms with E-state index in [0.717, 1.165) is 10.2 Å². The minimum Gasteiger partial charge on any atom is -0.354 e. The smallest absolute Gasteiger partial charge is 0.272 e. The monoisotopic (exact) mass is 334 g/mol. The number of hydrogen-bond donors (Lipinski definition) is 2. The second-order valence-electron chi connectivity index (χ2n) is 4.65. The van der Waals surface area contributed by atoms with E-state index in [-0.39, 0.29) is 11.7 Å². The van der Waals surface area contributed by atoms with E-state index in [9.17, 15) is 9.59 Å². The fraction of sp³-hybridized carbons (Fsp3) is 0.200. The predicted molar refractivity (Wildman–Crippen MR) is 82.4 cm³/mol. The van der Waals surface area contributed by atoms with Gasteiger partial charge in [-0.1, -0.05) is 22.0 Å². The van der Waals surface area contributed by atoms with Crippen LogP contribution in [0.1, 0.15) is 39.0 Å². The molecule has 0 saturated carbocycles. The van der Waals surface area contributed by atoms with Crippen LogP contribution in [0.2, 0.25) is 0 Å². The minimum atomic E-state index is -0.254. The van der Waals surface area contributed by atoms with Gasteiger partial charge >= 0.3 is 0 Å². The predicted octanol–water partition coefficient (Wildman–Crippen LogP) is 3.85. The highest BCUT2D eigenvalue weighted by atomic mass is 79.9. The summed E-state index contributed by atoms with van der Waals surface area (Å²) in [5.41, 5.74) is 3.11. The van der Waals surface area contributed by atoms with Crippen molar-refractivity contribution in [2.24, 2.45) is 0 Å². The molecule has 0 unspecified atom stereocenters. The lowest BCUT2D eigenvalue weighted by Crippen LogP contribution is -2.13. The van der Waals surface area contributed by atoms with E-state index in [0.29, 0.717) is 22.5 Å². The molecule has 20 heavy (non-hydrogen) atoms. The molecule has 0 fully saturated rings. The zero-order valence-electron chi connectivity index (χ0n) is 11.5. The van der Waals surface area contributed by atoms with E-state index in [4.69, 9.17) is 0 Å². The Bertz CT molecular complexity index is 689. The summed E-state index contributed by atoms with van der Waals surface area (Å²) < 4.78 is 0.888. The highest BCUT2D eigenvalue weighted by Crippen LogP contribution is 2.21. The van der Waals surface area contributed by atoms with E-state index in [2.05, 4.69) is 26.2 Å². The molecule has 5 heteroatoms. The Balaban J connectivity index is 2.31. The number of anilines is 1. The maximum absolute atomic E-state index is 12.3. The Morgan fingerprint density at radius 2 is 1.95 bits per heavy atom. The van der Waals surface area contributed by atoms with Gasteiger partial charge in [-0.05, 0) is 44.5 Å². The molecule has 4 nitrogen and oxygen atoms in total. The standard InChI is InChI=1S/C15H15BrN2O2/c1-8-13(10(3)19)9(2)17-14(8)15(20)18-12-6-4-5-11(16)7-12/h4-7,17H,1-3H3,(H,18,20). The molecule has 0 aliphatic rings. The van der Waals surface area contributed by atoms with Crippen LogP contribution >= 0.6 is 15.9 Å². The second-order valence-corrected chi connectivity index (χ2v) is 5.56. The third-order valence-electron chi connectivity index (χ3n) is 3.10. The lowest BCUT2D eigenvalue weighted by atomic mass is 10.1. The number of carbonyl (C=O) groups excluding carboxylic acids is 2. The molecule has 2 aromatic rings. The molecule has 1 amide bonds. The summed E-state index contributed by atoms with van der Waals surface area (Å²) >= 11 is 3.35. The Labute approximate surface area is 125 Å². The van der Waals surface area contributed by atoms with Crippen molar-refractivity contribution in [1.82, 2.24) is 4.98 Å². The molecule has 0 spiro atoms. The van der Waals surface area contributed by atoms with Gasteiger partial charge in [0.05, 0.1) is 0 Å². The normalized spacial score (nSPS) is 10.4. The number of aromatic nitrogens is 1. The lowest BCUT2D eigenvalue weighted by Gasteiger charge is -2.05. The van der Waals surface area contributed by atoms with Gasteiger partial charge in [-0.2, -0.15) is 0 Å². The molecule has 1 heterocycles. The van der Waals surface area contributed by atoms with Crippen LogP contribution in [0.4, 0.5) is 5.69 Å². The molecular weight excluding hydrogens is 320 g/mol. The maximum atomic E-state index is 12.3. The van der Waals surface area contributed by atoms with Crippen LogP contribution in [0.5, 0.6) is 0 Å². The van der Waals surface area contributed by atoms with Crippen molar-refractivity contribution in [1.29, 1.82) is 0 Å². The Morgan fingerprint density at radius 1 is 1.25 bits per heavy atom. The van der Waals surface area contributed by atoms with Gasteiger partial charge in [0.1, 0.15) is 5.69 Å². The summed E-state index contributed by atoms with van der Waals surface area (Å²) in [6.07, 6.45) is 0. The van der Waals surface area contributed by atoms with E-state index >= 15 is 0 Å². The fourth-order valence-corrected chi connectivity index (χ4v) is 2.66. The van der Waals surface area contributed by atoms with Crippen molar-refractivity contribution < 1.29 is 9.59 Å². The average molecular weight is 335 g/mol. The third kappa shape index (κ3) is 2.82. The van der Waals surface area contributed by atoms with Gasteiger partial charge in [-0.25, -0.2) is 0 Å². The van der Waals surface area contributed by atoms with Crippen molar-refractivity contribution in [3.8, 4) is 0 Å². The first kappa shape index (κ1) is 14.5. The van der Waals surface area contributed by atoms with Crippen molar-refractivity contribution in [3.63, 3.8) is 0 Å². The summed E-state index contributed by atoms with van der Waals surface area (Å²) in [6, 6.07) is 7.34. The van der Waals surface area contributed by atoms with Crippen molar-refractivity contribution in [2.45, 2.75) is 20.8 Å². The van der Waals surface area contributed by atoms with Crippen LogP contribution in [-0.2, 0) is 0 Å². The molecule has 104 valence electrons. The first-order valence-corrected chi connectivity index (χ1v) is 6.96. The van der Waals surface area contributed by atoms with E-state index in [1.54, 1.807) is 19.9 Å². The maximum Gasteiger partial charge on any atom is 0.272 e. The van der Waals surface area contributed by atoms with Gasteiger partial charge in [-0.3, -0.25) is 9.59 Å². The highest BCUT2D eigenvalue weighted by molar-refractivity contribution is 9.10. The summed E-state index contributed by atoms with van der Waals surface area (Å²) in [7, 11) is 0. The topological polar surface area (TPSA) is 62.0 Å². The number of Topliss-reactive ketones (excluding diaryl/α,β-unsaturated/α-hetero) is 1. The molecule has 0 aliphatic heterocycles. The molecule has 1 aromatic heterocycles. The Kier molecular flexibility index (Phi) is 4.09. The van der Waals surface area contributed by atoms with Crippen LogP contribution in [0.15, 0.2) is 28.7 Å². The van der Waals surface area contributed by atoms with E-state index < -0.39 is 0 Å². The van der Waals surface area contributed by atoms with Gasteiger partial charge in [0, 0.05) is 21.4 Å². The number of aromatic amines is 1. The first-order chi connectivity index (χ1) is 9.40. The van der Waals surface area contributed by atoms with Crippen LogP contribution in [-0.4, -0.2) is 16.7 Å². The van der Waals surface area contributed by atoms with Crippen LogP contribution < -0.4 is 5.32 Å². The molecule has 2 N–H and O–H groups in total. The number of aryl methyl sites for hydroxylation is 1. The fourth-order valence-electron chi connectivity index (χ4n) is 2.26. The zero-order chi connectivity index (χ0) is 14.9. The number of amides is 1. The largest absolute Gasteiger partial charge is 0.354 e. The molecule has 1 aromatic carbocycles. The number of hydrogen-bond acceptors (Lipinski definition) is 2. The molecule has 2 rings (SSSR count). The summed E-state index contributed by atoms with van der Waals surface area (Å²) in [5.74, 6) is -0.297. The number of nitrogens with one attached hydrogen (secondary N) is 2. The number of carbonyl (C=O) groups is 2. The van der Waals surface area contributed by atoms with Gasteiger partial charge < -0.3 is 10.3 Å². The summed E-state index contributed by atoms with van der Waals surface area (Å²) in [6.45, 7) is 5.06. The van der Waals surface area contributed by atoms with Crippen LogP contribution in [0.25, 0.3) is 0 Å². The molecule has 0 saturated heterocycles. The summed E-state index contributed by atoms with van der Waals surface area (Å²) in [5, 5.41) is 2.81. The van der Waals surface area contributed by atoms with Gasteiger partial charge in [0.2, 0.25) is 0 Å². The zero-order valence-corrected chi connectivity index (χ0v) is 13.1. The molecule has 0 aliphatic carbocycles.